The van der Waals surface area contributed by atoms with Crippen molar-refractivity contribution in [3.8, 4) is 0 Å². The highest BCUT2D eigenvalue weighted by Crippen LogP contribution is 2.33. The lowest BCUT2D eigenvalue weighted by atomic mass is 10.3. The van der Waals surface area contributed by atoms with E-state index in [9.17, 15) is 10.1 Å². The van der Waals surface area contributed by atoms with Crippen LogP contribution >= 0.6 is 15.9 Å². The second-order valence-corrected chi connectivity index (χ2v) is 5.37. The molecule has 1 aromatic heterocycles. The number of benzene rings is 1. The van der Waals surface area contributed by atoms with Crippen molar-refractivity contribution in [3.63, 3.8) is 0 Å². The fourth-order valence-electron chi connectivity index (χ4n) is 2.05. The highest BCUT2D eigenvalue weighted by Gasteiger charge is 2.25. The lowest BCUT2D eigenvalue weighted by molar-refractivity contribution is -0.383. The molecule has 7 nitrogen and oxygen atoms in total. The van der Waals surface area contributed by atoms with E-state index in [0.717, 1.165) is 10.2 Å². The summed E-state index contributed by atoms with van der Waals surface area (Å²) in [6, 6.07) is 7.32. The van der Waals surface area contributed by atoms with Gasteiger partial charge in [-0.15, -0.1) is 0 Å². The average Bonchev–Trinajstić information content (AvgIpc) is 2.51. The SMILES string of the molecule is CCN(CC)c1ncnc(Nc2ccc(Br)cc2)c1[N+](=O)[O-]. The summed E-state index contributed by atoms with van der Waals surface area (Å²) in [4.78, 5) is 21.0. The van der Waals surface area contributed by atoms with Gasteiger partial charge in [0.15, 0.2) is 0 Å². The number of anilines is 3. The van der Waals surface area contributed by atoms with Crippen molar-refractivity contribution in [1.29, 1.82) is 0 Å². The molecule has 0 unspecified atom stereocenters. The standard InChI is InChI=1S/C14H16BrN5O2/c1-3-19(4-2)14-12(20(21)22)13(16-9-17-14)18-11-7-5-10(15)6-8-11/h5-9H,3-4H2,1-2H3,(H,16,17,18). The van der Waals surface area contributed by atoms with Crippen LogP contribution in [0.2, 0.25) is 0 Å². The number of halogens is 1. The van der Waals surface area contributed by atoms with Gasteiger partial charge in [0.05, 0.1) is 4.92 Å². The monoisotopic (exact) mass is 365 g/mol. The van der Waals surface area contributed by atoms with Crippen molar-refractivity contribution < 1.29 is 4.92 Å². The van der Waals surface area contributed by atoms with Gasteiger partial charge in [-0.3, -0.25) is 10.1 Å². The van der Waals surface area contributed by atoms with Crippen LogP contribution < -0.4 is 10.2 Å². The van der Waals surface area contributed by atoms with Gasteiger partial charge >= 0.3 is 5.69 Å². The molecule has 2 aromatic rings. The summed E-state index contributed by atoms with van der Waals surface area (Å²) in [5.74, 6) is 0.508. The van der Waals surface area contributed by atoms with E-state index < -0.39 is 4.92 Å². The molecule has 0 aliphatic carbocycles. The summed E-state index contributed by atoms with van der Waals surface area (Å²) < 4.78 is 0.930. The highest BCUT2D eigenvalue weighted by atomic mass is 79.9. The summed E-state index contributed by atoms with van der Waals surface area (Å²) in [5.41, 5.74) is 0.601. The minimum Gasteiger partial charge on any atom is -0.351 e. The van der Waals surface area contributed by atoms with Crippen LogP contribution in [0.4, 0.5) is 23.0 Å². The van der Waals surface area contributed by atoms with Crippen LogP contribution in [0.1, 0.15) is 13.8 Å². The second kappa shape index (κ2) is 7.17. The molecule has 0 saturated heterocycles. The average molecular weight is 366 g/mol. The van der Waals surface area contributed by atoms with Crippen LogP contribution in [0, 0.1) is 10.1 Å². The third kappa shape index (κ3) is 3.51. The summed E-state index contributed by atoms with van der Waals surface area (Å²) in [7, 11) is 0. The molecule has 22 heavy (non-hydrogen) atoms. The minimum absolute atomic E-state index is 0.117. The number of nitrogens with one attached hydrogen (secondary N) is 1. The lowest BCUT2D eigenvalue weighted by Crippen LogP contribution is -2.24. The van der Waals surface area contributed by atoms with E-state index in [1.165, 1.54) is 6.33 Å². The third-order valence-electron chi connectivity index (χ3n) is 3.16. The Kier molecular flexibility index (Phi) is 5.26. The molecular formula is C14H16BrN5O2. The van der Waals surface area contributed by atoms with E-state index >= 15 is 0 Å². The topological polar surface area (TPSA) is 84.2 Å². The van der Waals surface area contributed by atoms with E-state index in [1.807, 2.05) is 43.0 Å². The van der Waals surface area contributed by atoms with Gasteiger partial charge in [0.25, 0.3) is 0 Å². The summed E-state index contributed by atoms with van der Waals surface area (Å²) in [6.45, 7) is 5.12. The first-order chi connectivity index (χ1) is 10.6. The molecule has 0 aliphatic heterocycles. The number of aromatic nitrogens is 2. The second-order valence-electron chi connectivity index (χ2n) is 4.46. The minimum atomic E-state index is -0.450. The Bertz CT molecular complexity index is 659. The quantitative estimate of drug-likeness (QED) is 0.619. The zero-order valence-corrected chi connectivity index (χ0v) is 13.9. The molecule has 1 aromatic carbocycles. The van der Waals surface area contributed by atoms with Crippen LogP contribution in [0.3, 0.4) is 0 Å². The van der Waals surface area contributed by atoms with E-state index in [0.29, 0.717) is 18.9 Å². The summed E-state index contributed by atoms with van der Waals surface area (Å²) >= 11 is 3.35. The van der Waals surface area contributed by atoms with Gasteiger partial charge in [-0.1, -0.05) is 15.9 Å². The van der Waals surface area contributed by atoms with Gasteiger partial charge in [0.2, 0.25) is 11.6 Å². The molecule has 116 valence electrons. The molecule has 0 saturated carbocycles. The maximum atomic E-state index is 11.5. The Morgan fingerprint density at radius 3 is 2.41 bits per heavy atom. The third-order valence-corrected chi connectivity index (χ3v) is 3.68. The van der Waals surface area contributed by atoms with Gasteiger partial charge < -0.3 is 10.2 Å². The Labute approximate surface area is 136 Å². The van der Waals surface area contributed by atoms with Crippen molar-refractivity contribution in [2.24, 2.45) is 0 Å². The molecule has 0 spiro atoms. The van der Waals surface area contributed by atoms with Gasteiger partial charge in [-0.2, -0.15) is 0 Å². The predicted octanol–water partition coefficient (Wildman–Crippen LogP) is 3.74. The maximum Gasteiger partial charge on any atom is 0.353 e. The van der Waals surface area contributed by atoms with Gasteiger partial charge in [0.1, 0.15) is 6.33 Å². The molecule has 0 fully saturated rings. The van der Waals surface area contributed by atoms with E-state index in [-0.39, 0.29) is 11.5 Å². The van der Waals surface area contributed by atoms with Crippen molar-refractivity contribution in [3.05, 3.63) is 45.2 Å². The molecule has 1 heterocycles. The van der Waals surface area contributed by atoms with E-state index in [2.05, 4.69) is 31.2 Å². The van der Waals surface area contributed by atoms with Crippen LogP contribution in [-0.2, 0) is 0 Å². The van der Waals surface area contributed by atoms with Gasteiger partial charge in [-0.05, 0) is 38.1 Å². The molecule has 0 atom stereocenters. The van der Waals surface area contributed by atoms with Gasteiger partial charge in [-0.25, -0.2) is 9.97 Å². The molecule has 0 bridgehead atoms. The summed E-state index contributed by atoms with van der Waals surface area (Å²) in [6.07, 6.45) is 1.34. The fraction of sp³-hybridized carbons (Fsp3) is 0.286. The molecule has 0 radical (unpaired) electrons. The number of nitrogens with zero attached hydrogens (tertiary/aromatic N) is 4. The van der Waals surface area contributed by atoms with Gasteiger partial charge in [0, 0.05) is 23.2 Å². The predicted molar refractivity (Wildman–Crippen MR) is 89.7 cm³/mol. The Hall–Kier alpha value is -2.22. The number of rotatable bonds is 6. The molecule has 8 heteroatoms. The lowest BCUT2D eigenvalue weighted by Gasteiger charge is -2.20. The fourth-order valence-corrected chi connectivity index (χ4v) is 2.32. The number of nitro groups is 1. The van der Waals surface area contributed by atoms with E-state index in [4.69, 9.17) is 0 Å². The van der Waals surface area contributed by atoms with Crippen LogP contribution in [0.15, 0.2) is 35.1 Å². The zero-order chi connectivity index (χ0) is 16.1. The number of hydrogen-bond donors (Lipinski definition) is 1. The largest absolute Gasteiger partial charge is 0.353 e. The first-order valence-corrected chi connectivity index (χ1v) is 7.63. The first-order valence-electron chi connectivity index (χ1n) is 6.83. The van der Waals surface area contributed by atoms with E-state index in [1.54, 1.807) is 0 Å². The summed E-state index contributed by atoms with van der Waals surface area (Å²) in [5, 5.41) is 14.5. The van der Waals surface area contributed by atoms with Crippen molar-refractivity contribution in [2.75, 3.05) is 23.3 Å². The maximum absolute atomic E-state index is 11.5. The Morgan fingerprint density at radius 2 is 1.86 bits per heavy atom. The number of hydrogen-bond acceptors (Lipinski definition) is 6. The van der Waals surface area contributed by atoms with Crippen molar-refractivity contribution in [1.82, 2.24) is 9.97 Å². The molecule has 1 N–H and O–H groups in total. The highest BCUT2D eigenvalue weighted by molar-refractivity contribution is 9.10. The van der Waals surface area contributed by atoms with Crippen LogP contribution in [0.25, 0.3) is 0 Å². The normalized spacial score (nSPS) is 10.3. The van der Waals surface area contributed by atoms with Crippen LogP contribution in [-0.4, -0.2) is 28.0 Å². The Morgan fingerprint density at radius 1 is 1.23 bits per heavy atom. The Balaban J connectivity index is 2.44. The molecule has 2 rings (SSSR count). The van der Waals surface area contributed by atoms with Crippen molar-refractivity contribution in [2.45, 2.75) is 13.8 Å². The molecule has 0 amide bonds. The zero-order valence-electron chi connectivity index (χ0n) is 12.3. The molecule has 0 aliphatic rings. The first kappa shape index (κ1) is 16.2. The molecular weight excluding hydrogens is 350 g/mol. The van der Waals surface area contributed by atoms with Crippen molar-refractivity contribution >= 4 is 38.9 Å². The smallest absolute Gasteiger partial charge is 0.351 e. The van der Waals surface area contributed by atoms with Crippen LogP contribution in [0.5, 0.6) is 0 Å².